The van der Waals surface area contributed by atoms with Crippen LogP contribution in [0.4, 0.5) is 0 Å². The zero-order valence-corrected chi connectivity index (χ0v) is 11.8. The van der Waals surface area contributed by atoms with Gasteiger partial charge in [0.1, 0.15) is 4.88 Å². The van der Waals surface area contributed by atoms with E-state index in [-0.39, 0.29) is 12.5 Å². The highest BCUT2D eigenvalue weighted by Crippen LogP contribution is 2.24. The van der Waals surface area contributed by atoms with Crippen molar-refractivity contribution in [2.75, 3.05) is 19.7 Å². The van der Waals surface area contributed by atoms with Crippen LogP contribution >= 0.6 is 11.3 Å². The molecule has 1 saturated heterocycles. The molecule has 2 rings (SSSR count). The average Bonchev–Trinajstić information content (AvgIpc) is 2.68. The van der Waals surface area contributed by atoms with Gasteiger partial charge >= 0.3 is 0 Å². The Morgan fingerprint density at radius 1 is 1.56 bits per heavy atom. The van der Waals surface area contributed by atoms with E-state index in [4.69, 9.17) is 5.11 Å². The summed E-state index contributed by atoms with van der Waals surface area (Å²) in [6.45, 7) is 5.64. The second-order valence-corrected chi connectivity index (χ2v) is 6.12. The number of aliphatic hydroxyl groups is 1. The Bertz CT molecular complexity index is 429. The van der Waals surface area contributed by atoms with Crippen LogP contribution in [-0.4, -0.2) is 40.6 Å². The molecule has 1 aromatic heterocycles. The van der Waals surface area contributed by atoms with E-state index in [1.807, 2.05) is 18.7 Å². The van der Waals surface area contributed by atoms with Gasteiger partial charge in [-0.1, -0.05) is 0 Å². The minimum Gasteiger partial charge on any atom is -0.396 e. The average molecular weight is 268 g/mol. The highest BCUT2D eigenvalue weighted by molar-refractivity contribution is 7.13. The molecule has 1 aliphatic heterocycles. The van der Waals surface area contributed by atoms with E-state index in [0.29, 0.717) is 5.92 Å². The molecule has 1 fully saturated rings. The minimum absolute atomic E-state index is 0.112. The normalized spacial score (nSPS) is 20.2. The van der Waals surface area contributed by atoms with Gasteiger partial charge in [0.2, 0.25) is 0 Å². The number of aryl methyl sites for hydroxylation is 2. The van der Waals surface area contributed by atoms with Crippen molar-refractivity contribution in [3.63, 3.8) is 0 Å². The van der Waals surface area contributed by atoms with Gasteiger partial charge in [-0.3, -0.25) is 4.79 Å². The quantitative estimate of drug-likeness (QED) is 0.912. The van der Waals surface area contributed by atoms with Crippen LogP contribution in [-0.2, 0) is 0 Å². The zero-order chi connectivity index (χ0) is 13.1. The fourth-order valence-corrected chi connectivity index (χ4v) is 3.43. The summed E-state index contributed by atoms with van der Waals surface area (Å²) in [5.41, 5.74) is 0.840. The number of carbonyl (C=O) groups is 1. The van der Waals surface area contributed by atoms with Crippen molar-refractivity contribution in [2.24, 2.45) is 5.92 Å². The number of likely N-dealkylation sites (tertiary alicyclic amines) is 1. The lowest BCUT2D eigenvalue weighted by Crippen LogP contribution is -2.40. The third-order valence-corrected chi connectivity index (χ3v) is 4.50. The molecule has 0 radical (unpaired) electrons. The Morgan fingerprint density at radius 3 is 2.94 bits per heavy atom. The number of nitrogens with zero attached hydrogens (tertiary/aromatic N) is 2. The fourth-order valence-electron chi connectivity index (χ4n) is 2.54. The number of amides is 1. The molecule has 0 aliphatic carbocycles. The second-order valence-electron chi connectivity index (χ2n) is 4.92. The fraction of sp³-hybridized carbons (Fsp3) is 0.692. The van der Waals surface area contributed by atoms with Gasteiger partial charge in [-0.05, 0) is 39.0 Å². The molecule has 1 atom stereocenters. The lowest BCUT2D eigenvalue weighted by Gasteiger charge is -2.32. The molecule has 0 saturated carbocycles. The van der Waals surface area contributed by atoms with Gasteiger partial charge in [-0.25, -0.2) is 4.98 Å². The van der Waals surface area contributed by atoms with Crippen molar-refractivity contribution in [3.05, 3.63) is 15.6 Å². The summed E-state index contributed by atoms with van der Waals surface area (Å²) in [6.07, 6.45) is 2.95. The van der Waals surface area contributed by atoms with Gasteiger partial charge in [0.25, 0.3) is 5.91 Å². The predicted molar refractivity (Wildman–Crippen MR) is 71.9 cm³/mol. The van der Waals surface area contributed by atoms with Crippen LogP contribution < -0.4 is 0 Å². The molecule has 1 aliphatic rings. The van der Waals surface area contributed by atoms with Crippen LogP contribution in [0.1, 0.15) is 39.6 Å². The number of hydrogen-bond donors (Lipinski definition) is 1. The predicted octanol–water partition coefficient (Wildman–Crippen LogP) is 1.99. The van der Waals surface area contributed by atoms with Crippen LogP contribution in [0.15, 0.2) is 0 Å². The van der Waals surface area contributed by atoms with Crippen molar-refractivity contribution in [3.8, 4) is 0 Å². The Balaban J connectivity index is 2.06. The number of hydrogen-bond acceptors (Lipinski definition) is 4. The Morgan fingerprint density at radius 2 is 2.33 bits per heavy atom. The van der Waals surface area contributed by atoms with Gasteiger partial charge in [-0.2, -0.15) is 0 Å². The van der Waals surface area contributed by atoms with Crippen molar-refractivity contribution >= 4 is 17.2 Å². The first kappa shape index (κ1) is 13.5. The van der Waals surface area contributed by atoms with E-state index in [9.17, 15) is 4.79 Å². The molecule has 0 bridgehead atoms. The standard InChI is InChI=1S/C13H20N2O2S/c1-9-12(18-10(2)14-9)13(17)15-6-3-4-11(8-15)5-7-16/h11,16H,3-8H2,1-2H3. The van der Waals surface area contributed by atoms with E-state index >= 15 is 0 Å². The molecule has 2 heterocycles. The maximum Gasteiger partial charge on any atom is 0.265 e. The lowest BCUT2D eigenvalue weighted by molar-refractivity contribution is 0.0657. The number of thiazole rings is 1. The lowest BCUT2D eigenvalue weighted by atomic mass is 9.95. The Labute approximate surface area is 112 Å². The molecule has 5 heteroatoms. The van der Waals surface area contributed by atoms with Crippen molar-refractivity contribution < 1.29 is 9.90 Å². The molecule has 18 heavy (non-hydrogen) atoms. The molecular weight excluding hydrogens is 248 g/mol. The summed E-state index contributed by atoms with van der Waals surface area (Å²) >= 11 is 1.48. The molecule has 1 N–H and O–H groups in total. The van der Waals surface area contributed by atoms with E-state index in [1.165, 1.54) is 11.3 Å². The highest BCUT2D eigenvalue weighted by Gasteiger charge is 2.26. The molecule has 100 valence electrons. The molecule has 1 unspecified atom stereocenters. The molecule has 0 spiro atoms. The van der Waals surface area contributed by atoms with Gasteiger partial charge < -0.3 is 10.0 Å². The Kier molecular flexibility index (Phi) is 4.35. The van der Waals surface area contributed by atoms with Crippen LogP contribution in [0.25, 0.3) is 0 Å². The van der Waals surface area contributed by atoms with Crippen LogP contribution in [0.2, 0.25) is 0 Å². The van der Waals surface area contributed by atoms with Gasteiger partial charge in [0.05, 0.1) is 10.7 Å². The summed E-state index contributed by atoms with van der Waals surface area (Å²) in [4.78, 5) is 19.4. The van der Waals surface area contributed by atoms with Crippen molar-refractivity contribution in [2.45, 2.75) is 33.1 Å². The number of piperidine rings is 1. The summed E-state index contributed by atoms with van der Waals surface area (Å²) in [5, 5.41) is 9.94. The second kappa shape index (κ2) is 5.80. The van der Waals surface area contributed by atoms with Crippen LogP contribution in [0, 0.1) is 19.8 Å². The molecule has 0 aromatic carbocycles. The molecule has 4 nitrogen and oxygen atoms in total. The maximum atomic E-state index is 12.4. The van der Waals surface area contributed by atoms with E-state index in [2.05, 4.69) is 4.98 Å². The van der Waals surface area contributed by atoms with E-state index < -0.39 is 0 Å². The summed E-state index contributed by atoms with van der Waals surface area (Å²) in [5.74, 6) is 0.558. The maximum absolute atomic E-state index is 12.4. The largest absolute Gasteiger partial charge is 0.396 e. The summed E-state index contributed by atoms with van der Waals surface area (Å²) in [7, 11) is 0. The first-order chi connectivity index (χ1) is 8.61. The smallest absolute Gasteiger partial charge is 0.265 e. The number of aromatic nitrogens is 1. The number of carbonyl (C=O) groups excluding carboxylic acids is 1. The first-order valence-corrected chi connectivity index (χ1v) is 7.27. The van der Waals surface area contributed by atoms with Gasteiger partial charge in [0.15, 0.2) is 0 Å². The number of aliphatic hydroxyl groups excluding tert-OH is 1. The highest BCUT2D eigenvalue weighted by atomic mass is 32.1. The molecule has 1 amide bonds. The van der Waals surface area contributed by atoms with Crippen molar-refractivity contribution in [1.82, 2.24) is 9.88 Å². The Hall–Kier alpha value is -0.940. The topological polar surface area (TPSA) is 53.4 Å². The van der Waals surface area contributed by atoms with Crippen LogP contribution in [0.5, 0.6) is 0 Å². The zero-order valence-electron chi connectivity index (χ0n) is 11.0. The summed E-state index contributed by atoms with van der Waals surface area (Å²) < 4.78 is 0. The third-order valence-electron chi connectivity index (χ3n) is 3.44. The third kappa shape index (κ3) is 2.90. The van der Waals surface area contributed by atoms with Gasteiger partial charge in [0, 0.05) is 19.7 Å². The first-order valence-electron chi connectivity index (χ1n) is 6.46. The molecular formula is C13H20N2O2S. The summed E-state index contributed by atoms with van der Waals surface area (Å²) in [6, 6.07) is 0. The molecule has 1 aromatic rings. The monoisotopic (exact) mass is 268 g/mol. The number of rotatable bonds is 3. The van der Waals surface area contributed by atoms with E-state index in [0.717, 1.165) is 47.9 Å². The van der Waals surface area contributed by atoms with Gasteiger partial charge in [-0.15, -0.1) is 11.3 Å². The van der Waals surface area contributed by atoms with Crippen LogP contribution in [0.3, 0.4) is 0 Å². The van der Waals surface area contributed by atoms with Crippen molar-refractivity contribution in [1.29, 1.82) is 0 Å². The van der Waals surface area contributed by atoms with E-state index in [1.54, 1.807) is 0 Å². The minimum atomic E-state index is 0.112. The SMILES string of the molecule is Cc1nc(C)c(C(=O)N2CCCC(CCO)C2)s1.